The van der Waals surface area contributed by atoms with Crippen molar-refractivity contribution < 1.29 is 0 Å². The lowest BCUT2D eigenvalue weighted by Crippen LogP contribution is -2.26. The Hall–Kier alpha value is -1.09. The molecule has 112 valence electrons. The predicted molar refractivity (Wildman–Crippen MR) is 85.9 cm³/mol. The fourth-order valence-corrected chi connectivity index (χ4v) is 3.12. The third-order valence-corrected chi connectivity index (χ3v) is 4.80. The van der Waals surface area contributed by atoms with Gasteiger partial charge >= 0.3 is 0 Å². The molecule has 0 aromatic carbocycles. The Morgan fingerprint density at radius 2 is 2.05 bits per heavy atom. The highest BCUT2D eigenvalue weighted by molar-refractivity contribution is 5.35. The Morgan fingerprint density at radius 1 is 1.25 bits per heavy atom. The number of nitrogens with one attached hydrogen (secondary N) is 1. The van der Waals surface area contributed by atoms with Crippen LogP contribution in [0.2, 0.25) is 0 Å². The second-order valence-corrected chi connectivity index (χ2v) is 6.15. The van der Waals surface area contributed by atoms with E-state index < -0.39 is 0 Å². The van der Waals surface area contributed by atoms with Crippen molar-refractivity contribution in [2.24, 2.45) is 5.41 Å². The summed E-state index contributed by atoms with van der Waals surface area (Å²) in [6, 6.07) is 4.32. The highest BCUT2D eigenvalue weighted by Gasteiger charge is 2.34. The summed E-state index contributed by atoms with van der Waals surface area (Å²) in [7, 11) is 0. The molecule has 0 spiro atoms. The van der Waals surface area contributed by atoms with Gasteiger partial charge in [0.1, 0.15) is 5.82 Å². The van der Waals surface area contributed by atoms with Gasteiger partial charge in [0, 0.05) is 25.8 Å². The van der Waals surface area contributed by atoms with E-state index in [1.165, 1.54) is 37.9 Å². The zero-order valence-corrected chi connectivity index (χ0v) is 13.3. The summed E-state index contributed by atoms with van der Waals surface area (Å²) in [5.74, 6) is 0.994. The van der Waals surface area contributed by atoms with E-state index in [0.29, 0.717) is 5.41 Å². The summed E-state index contributed by atoms with van der Waals surface area (Å²) in [4.78, 5) is 7.08. The quantitative estimate of drug-likeness (QED) is 0.817. The van der Waals surface area contributed by atoms with Crippen molar-refractivity contribution in [3.05, 3.63) is 23.9 Å². The van der Waals surface area contributed by atoms with Gasteiger partial charge in [-0.15, -0.1) is 0 Å². The number of likely N-dealkylation sites (tertiary alicyclic amines) is 1. The molecule has 1 aliphatic heterocycles. The molecule has 1 fully saturated rings. The van der Waals surface area contributed by atoms with Gasteiger partial charge in [-0.05, 0) is 49.3 Å². The van der Waals surface area contributed by atoms with Crippen LogP contribution < -0.4 is 5.32 Å². The fraction of sp³-hybridized carbons (Fsp3) is 0.706. The lowest BCUT2D eigenvalue weighted by Gasteiger charge is -2.26. The Morgan fingerprint density at radius 3 is 2.60 bits per heavy atom. The van der Waals surface area contributed by atoms with Crippen LogP contribution >= 0.6 is 0 Å². The predicted octanol–water partition coefficient (Wildman–Crippen LogP) is 3.92. The average Bonchev–Trinajstić information content (AvgIpc) is 2.90. The molecule has 20 heavy (non-hydrogen) atoms. The maximum absolute atomic E-state index is 4.50. The molecule has 1 saturated heterocycles. The van der Waals surface area contributed by atoms with E-state index in [2.05, 4.69) is 48.1 Å². The third kappa shape index (κ3) is 3.72. The molecule has 3 nitrogen and oxygen atoms in total. The lowest BCUT2D eigenvalue weighted by atomic mass is 9.82. The number of hydrogen-bond acceptors (Lipinski definition) is 3. The molecular weight excluding hydrogens is 246 g/mol. The van der Waals surface area contributed by atoms with Crippen molar-refractivity contribution in [3.63, 3.8) is 0 Å². The number of nitrogens with zero attached hydrogens (tertiary/aromatic N) is 2. The number of anilines is 1. The van der Waals surface area contributed by atoms with E-state index in [0.717, 1.165) is 25.3 Å². The summed E-state index contributed by atoms with van der Waals surface area (Å²) in [5, 5.41) is 3.32. The van der Waals surface area contributed by atoms with E-state index in [-0.39, 0.29) is 0 Å². The van der Waals surface area contributed by atoms with Crippen molar-refractivity contribution in [2.75, 3.05) is 25.0 Å². The van der Waals surface area contributed by atoms with Crippen LogP contribution in [0, 0.1) is 5.41 Å². The van der Waals surface area contributed by atoms with Crippen LogP contribution in [0.5, 0.6) is 0 Å². The van der Waals surface area contributed by atoms with Gasteiger partial charge in [0.15, 0.2) is 0 Å². The van der Waals surface area contributed by atoms with E-state index in [1.54, 1.807) is 0 Å². The zero-order valence-electron chi connectivity index (χ0n) is 13.3. The van der Waals surface area contributed by atoms with Crippen LogP contribution in [-0.4, -0.2) is 29.5 Å². The smallest absolute Gasteiger partial charge is 0.125 e. The van der Waals surface area contributed by atoms with Crippen LogP contribution in [0.4, 0.5) is 5.82 Å². The zero-order chi connectivity index (χ0) is 14.4. The largest absolute Gasteiger partial charge is 0.370 e. The van der Waals surface area contributed by atoms with Crippen LogP contribution in [-0.2, 0) is 6.54 Å². The second kappa shape index (κ2) is 7.07. The first-order valence-corrected chi connectivity index (χ1v) is 8.12. The van der Waals surface area contributed by atoms with E-state index in [9.17, 15) is 0 Å². The van der Waals surface area contributed by atoms with Crippen molar-refractivity contribution in [2.45, 2.75) is 53.0 Å². The van der Waals surface area contributed by atoms with Crippen LogP contribution in [0.3, 0.4) is 0 Å². The molecule has 2 rings (SSSR count). The number of aromatic nitrogens is 1. The first-order chi connectivity index (χ1) is 9.71. The minimum atomic E-state index is 0.566. The molecule has 0 bridgehead atoms. The van der Waals surface area contributed by atoms with Crippen molar-refractivity contribution in [3.8, 4) is 0 Å². The van der Waals surface area contributed by atoms with Gasteiger partial charge in [0.05, 0.1) is 0 Å². The van der Waals surface area contributed by atoms with Crippen LogP contribution in [0.15, 0.2) is 18.3 Å². The van der Waals surface area contributed by atoms with Crippen LogP contribution in [0.1, 0.15) is 52.0 Å². The van der Waals surface area contributed by atoms with Crippen molar-refractivity contribution >= 4 is 5.82 Å². The van der Waals surface area contributed by atoms with Gasteiger partial charge in [-0.25, -0.2) is 4.98 Å². The molecule has 1 aromatic heterocycles. The van der Waals surface area contributed by atoms with Crippen molar-refractivity contribution in [1.29, 1.82) is 0 Å². The molecule has 2 heterocycles. The van der Waals surface area contributed by atoms with Gasteiger partial charge in [0.2, 0.25) is 0 Å². The first kappa shape index (κ1) is 15.3. The first-order valence-electron chi connectivity index (χ1n) is 8.12. The molecule has 0 amide bonds. The van der Waals surface area contributed by atoms with Crippen LogP contribution in [0.25, 0.3) is 0 Å². The highest BCUT2D eigenvalue weighted by Crippen LogP contribution is 2.37. The maximum Gasteiger partial charge on any atom is 0.125 e. The van der Waals surface area contributed by atoms with Gasteiger partial charge < -0.3 is 5.32 Å². The second-order valence-electron chi connectivity index (χ2n) is 6.15. The molecule has 1 aromatic rings. The average molecular weight is 275 g/mol. The summed E-state index contributed by atoms with van der Waals surface area (Å²) < 4.78 is 0. The van der Waals surface area contributed by atoms with Gasteiger partial charge in [-0.3, -0.25) is 4.90 Å². The van der Waals surface area contributed by atoms with E-state index in [1.807, 2.05) is 6.20 Å². The Bertz CT molecular complexity index is 395. The summed E-state index contributed by atoms with van der Waals surface area (Å²) in [6.07, 6.45) is 7.11. The Kier molecular flexibility index (Phi) is 5.41. The van der Waals surface area contributed by atoms with Gasteiger partial charge in [-0.1, -0.05) is 26.8 Å². The number of rotatable bonds is 7. The molecule has 0 saturated carbocycles. The monoisotopic (exact) mass is 275 g/mol. The van der Waals surface area contributed by atoms with E-state index in [4.69, 9.17) is 0 Å². The molecule has 1 N–H and O–H groups in total. The third-order valence-electron chi connectivity index (χ3n) is 4.80. The topological polar surface area (TPSA) is 28.2 Å². The molecule has 0 radical (unpaired) electrons. The number of hydrogen-bond donors (Lipinski definition) is 1. The molecule has 0 unspecified atom stereocenters. The standard InChI is InChI=1S/C17H29N3/c1-4-10-18-16-8-7-15(12-19-16)13-20-11-9-17(5-2,6-3)14-20/h7-8,12H,4-6,9-11,13-14H2,1-3H3,(H,18,19). The van der Waals surface area contributed by atoms with Gasteiger partial charge in [-0.2, -0.15) is 0 Å². The molecular formula is C17H29N3. The molecule has 3 heteroatoms. The summed E-state index contributed by atoms with van der Waals surface area (Å²) in [6.45, 7) is 11.4. The fourth-order valence-electron chi connectivity index (χ4n) is 3.12. The minimum absolute atomic E-state index is 0.566. The van der Waals surface area contributed by atoms with E-state index >= 15 is 0 Å². The Balaban J connectivity index is 1.88. The number of pyridine rings is 1. The summed E-state index contributed by atoms with van der Waals surface area (Å²) >= 11 is 0. The summed E-state index contributed by atoms with van der Waals surface area (Å²) in [5.41, 5.74) is 1.89. The SMILES string of the molecule is CCCNc1ccc(CN2CCC(CC)(CC)C2)cn1. The Labute approximate surface area is 123 Å². The maximum atomic E-state index is 4.50. The normalized spacial score (nSPS) is 18.4. The minimum Gasteiger partial charge on any atom is -0.370 e. The highest BCUT2D eigenvalue weighted by atomic mass is 15.2. The molecule has 1 aliphatic rings. The van der Waals surface area contributed by atoms with Gasteiger partial charge in [0.25, 0.3) is 0 Å². The molecule has 0 atom stereocenters. The molecule has 0 aliphatic carbocycles. The lowest BCUT2D eigenvalue weighted by molar-refractivity contribution is 0.236. The van der Waals surface area contributed by atoms with Crippen molar-refractivity contribution in [1.82, 2.24) is 9.88 Å².